The number of carbonyl (C=O) groups is 1. The maximum atomic E-state index is 10.6. The Morgan fingerprint density at radius 3 is 2.48 bits per heavy atom. The van der Waals surface area contributed by atoms with Crippen LogP contribution in [0.2, 0.25) is 0 Å². The van der Waals surface area contributed by atoms with Gasteiger partial charge in [-0.15, -0.1) is 0 Å². The SMILES string of the molecule is O=C(O)C=Cc1ccc(Cc2nc3ccc(C(O)c4ccccc4)cc3[nH]2)cc1. The lowest BCUT2D eigenvalue weighted by Gasteiger charge is -2.11. The summed E-state index contributed by atoms with van der Waals surface area (Å²) in [6, 6.07) is 23.0. The van der Waals surface area contributed by atoms with Gasteiger partial charge in [0.05, 0.1) is 11.0 Å². The van der Waals surface area contributed by atoms with Crippen LogP contribution in [0.3, 0.4) is 0 Å². The molecule has 1 unspecified atom stereocenters. The van der Waals surface area contributed by atoms with Gasteiger partial charge in [0.25, 0.3) is 0 Å². The van der Waals surface area contributed by atoms with Gasteiger partial charge in [-0.25, -0.2) is 9.78 Å². The summed E-state index contributed by atoms with van der Waals surface area (Å²) in [7, 11) is 0. The summed E-state index contributed by atoms with van der Waals surface area (Å²) in [5, 5.41) is 19.3. The molecular weight excluding hydrogens is 364 g/mol. The van der Waals surface area contributed by atoms with Crippen molar-refractivity contribution >= 4 is 23.1 Å². The number of aromatic nitrogens is 2. The summed E-state index contributed by atoms with van der Waals surface area (Å²) in [5.74, 6) is -0.131. The number of hydrogen-bond acceptors (Lipinski definition) is 3. The third-order valence-corrected chi connectivity index (χ3v) is 4.76. The molecule has 0 amide bonds. The Morgan fingerprint density at radius 1 is 1.00 bits per heavy atom. The molecule has 0 aliphatic carbocycles. The zero-order chi connectivity index (χ0) is 20.2. The molecule has 1 atom stereocenters. The van der Waals surface area contributed by atoms with Crippen molar-refractivity contribution in [2.45, 2.75) is 12.5 Å². The highest BCUT2D eigenvalue weighted by Crippen LogP contribution is 2.25. The van der Waals surface area contributed by atoms with Crippen molar-refractivity contribution in [2.24, 2.45) is 0 Å². The molecule has 4 aromatic rings. The first-order valence-corrected chi connectivity index (χ1v) is 9.30. The topological polar surface area (TPSA) is 86.2 Å². The number of H-pyrrole nitrogens is 1. The molecule has 5 nitrogen and oxygen atoms in total. The number of nitrogens with one attached hydrogen (secondary N) is 1. The molecule has 0 spiro atoms. The van der Waals surface area contributed by atoms with Gasteiger partial charge in [0.1, 0.15) is 11.9 Å². The summed E-state index contributed by atoms with van der Waals surface area (Å²) in [4.78, 5) is 18.6. The van der Waals surface area contributed by atoms with Gasteiger partial charge >= 0.3 is 5.97 Å². The van der Waals surface area contributed by atoms with Crippen LogP contribution in [0.1, 0.15) is 34.2 Å². The minimum Gasteiger partial charge on any atom is -0.478 e. The van der Waals surface area contributed by atoms with E-state index in [1.54, 1.807) is 6.08 Å². The number of imidazole rings is 1. The number of aliphatic carboxylic acids is 1. The van der Waals surface area contributed by atoms with Crippen LogP contribution < -0.4 is 0 Å². The summed E-state index contributed by atoms with van der Waals surface area (Å²) in [5.41, 5.74) is 5.30. The number of aliphatic hydroxyl groups is 1. The number of benzene rings is 3. The molecule has 29 heavy (non-hydrogen) atoms. The van der Waals surface area contributed by atoms with Gasteiger partial charge in [0, 0.05) is 12.5 Å². The Kier molecular flexibility index (Phi) is 5.22. The predicted octanol–water partition coefficient (Wildman–Crippen LogP) is 4.33. The summed E-state index contributed by atoms with van der Waals surface area (Å²) in [6.45, 7) is 0. The zero-order valence-corrected chi connectivity index (χ0v) is 15.6. The number of aromatic amines is 1. The number of fused-ring (bicyclic) bond motifs is 1. The Labute approximate surface area is 168 Å². The molecule has 5 heteroatoms. The summed E-state index contributed by atoms with van der Waals surface area (Å²) >= 11 is 0. The van der Waals surface area contributed by atoms with Crippen molar-refractivity contribution in [3.63, 3.8) is 0 Å². The Balaban J connectivity index is 1.53. The maximum absolute atomic E-state index is 10.6. The molecule has 0 bridgehead atoms. The van der Waals surface area contributed by atoms with E-state index < -0.39 is 12.1 Å². The number of carboxylic acids is 1. The van der Waals surface area contributed by atoms with Gasteiger partial charge in [-0.3, -0.25) is 0 Å². The van der Waals surface area contributed by atoms with Crippen LogP contribution in [-0.4, -0.2) is 26.2 Å². The van der Waals surface area contributed by atoms with Crippen LogP contribution >= 0.6 is 0 Å². The predicted molar refractivity (Wildman–Crippen MR) is 113 cm³/mol. The highest BCUT2D eigenvalue weighted by molar-refractivity contribution is 5.85. The molecule has 3 aromatic carbocycles. The van der Waals surface area contributed by atoms with Gasteiger partial charge in [-0.05, 0) is 40.5 Å². The van der Waals surface area contributed by atoms with Crippen molar-refractivity contribution in [1.82, 2.24) is 9.97 Å². The number of aliphatic hydroxyl groups excluding tert-OH is 1. The van der Waals surface area contributed by atoms with Crippen molar-refractivity contribution < 1.29 is 15.0 Å². The maximum Gasteiger partial charge on any atom is 0.328 e. The number of nitrogens with zero attached hydrogens (tertiary/aromatic N) is 1. The largest absolute Gasteiger partial charge is 0.478 e. The van der Waals surface area contributed by atoms with E-state index >= 15 is 0 Å². The lowest BCUT2D eigenvalue weighted by Crippen LogP contribution is -1.98. The van der Waals surface area contributed by atoms with E-state index in [4.69, 9.17) is 5.11 Å². The molecule has 1 heterocycles. The van der Waals surface area contributed by atoms with E-state index in [1.165, 1.54) is 0 Å². The molecule has 3 N–H and O–H groups in total. The highest BCUT2D eigenvalue weighted by Gasteiger charge is 2.12. The van der Waals surface area contributed by atoms with Crippen molar-refractivity contribution in [2.75, 3.05) is 0 Å². The lowest BCUT2D eigenvalue weighted by molar-refractivity contribution is -0.131. The Bertz CT molecular complexity index is 1160. The molecule has 4 rings (SSSR count). The quantitative estimate of drug-likeness (QED) is 0.432. The van der Waals surface area contributed by atoms with Crippen LogP contribution in [0.4, 0.5) is 0 Å². The fourth-order valence-electron chi connectivity index (χ4n) is 3.27. The molecule has 0 radical (unpaired) electrons. The third kappa shape index (κ3) is 4.42. The summed E-state index contributed by atoms with van der Waals surface area (Å²) < 4.78 is 0. The first-order chi connectivity index (χ1) is 14.1. The van der Waals surface area contributed by atoms with Crippen LogP contribution in [-0.2, 0) is 11.2 Å². The second kappa shape index (κ2) is 8.12. The second-order valence-corrected chi connectivity index (χ2v) is 6.86. The lowest BCUT2D eigenvalue weighted by atomic mass is 10.0. The number of hydrogen-bond donors (Lipinski definition) is 3. The van der Waals surface area contributed by atoms with Crippen molar-refractivity contribution in [3.8, 4) is 0 Å². The van der Waals surface area contributed by atoms with E-state index in [2.05, 4.69) is 9.97 Å². The molecule has 0 aliphatic heterocycles. The Morgan fingerprint density at radius 2 is 1.76 bits per heavy atom. The van der Waals surface area contributed by atoms with Crippen molar-refractivity contribution in [3.05, 3.63) is 107 Å². The van der Waals surface area contributed by atoms with E-state index in [0.29, 0.717) is 6.42 Å². The first kappa shape index (κ1) is 18.7. The average Bonchev–Trinajstić information content (AvgIpc) is 3.14. The van der Waals surface area contributed by atoms with E-state index in [0.717, 1.165) is 45.2 Å². The van der Waals surface area contributed by atoms with Crippen LogP contribution in [0.25, 0.3) is 17.1 Å². The minimum atomic E-state index is -0.965. The first-order valence-electron chi connectivity index (χ1n) is 9.30. The highest BCUT2D eigenvalue weighted by atomic mass is 16.4. The van der Waals surface area contributed by atoms with Crippen LogP contribution in [0, 0.1) is 0 Å². The van der Waals surface area contributed by atoms with Crippen molar-refractivity contribution in [1.29, 1.82) is 0 Å². The molecule has 0 fully saturated rings. The molecule has 1 aromatic heterocycles. The van der Waals surface area contributed by atoms with E-state index in [9.17, 15) is 9.90 Å². The number of carboxylic acid groups (broad SMARTS) is 1. The normalized spacial score (nSPS) is 12.4. The van der Waals surface area contributed by atoms with Gasteiger partial charge in [-0.2, -0.15) is 0 Å². The third-order valence-electron chi connectivity index (χ3n) is 4.76. The van der Waals surface area contributed by atoms with Gasteiger partial charge in [-0.1, -0.05) is 60.7 Å². The monoisotopic (exact) mass is 384 g/mol. The Hall–Kier alpha value is -3.70. The standard InChI is InChI=1S/C24H20N2O3/c27-23(28)13-10-16-6-8-17(9-7-16)14-22-25-20-12-11-19(15-21(20)26-22)24(29)18-4-2-1-3-5-18/h1-13,15,24,29H,14H2,(H,25,26)(H,27,28). The molecule has 0 saturated heterocycles. The number of rotatable bonds is 6. The zero-order valence-electron chi connectivity index (χ0n) is 15.6. The summed E-state index contributed by atoms with van der Waals surface area (Å²) in [6.07, 6.45) is 2.63. The molecular formula is C24H20N2O3. The second-order valence-electron chi connectivity index (χ2n) is 6.86. The fourth-order valence-corrected chi connectivity index (χ4v) is 3.27. The van der Waals surface area contributed by atoms with Crippen LogP contribution in [0.5, 0.6) is 0 Å². The minimum absolute atomic E-state index is 0.633. The van der Waals surface area contributed by atoms with E-state index in [-0.39, 0.29) is 0 Å². The fraction of sp³-hybridized carbons (Fsp3) is 0.0833. The smallest absolute Gasteiger partial charge is 0.328 e. The molecule has 0 aliphatic rings. The van der Waals surface area contributed by atoms with Gasteiger partial charge in [0.15, 0.2) is 0 Å². The molecule has 144 valence electrons. The average molecular weight is 384 g/mol. The van der Waals surface area contributed by atoms with E-state index in [1.807, 2.05) is 72.8 Å². The van der Waals surface area contributed by atoms with Gasteiger partial charge in [0.2, 0.25) is 0 Å². The molecule has 0 saturated carbocycles. The van der Waals surface area contributed by atoms with Crippen LogP contribution in [0.15, 0.2) is 78.9 Å². The van der Waals surface area contributed by atoms with Gasteiger partial charge < -0.3 is 15.2 Å².